The maximum Gasteiger partial charge on any atom is 0.320 e. The lowest BCUT2D eigenvalue weighted by Gasteiger charge is -2.22. The molecule has 0 saturated heterocycles. The van der Waals surface area contributed by atoms with Gasteiger partial charge in [-0.25, -0.2) is 0 Å². The van der Waals surface area contributed by atoms with Gasteiger partial charge in [-0.2, -0.15) is 0 Å². The monoisotopic (exact) mass is 244 g/mol. The number of nitrogens with zero attached hydrogens (tertiary/aromatic N) is 1. The van der Waals surface area contributed by atoms with Gasteiger partial charge in [0.1, 0.15) is 0 Å². The van der Waals surface area contributed by atoms with Crippen molar-refractivity contribution in [3.8, 4) is 0 Å². The number of unbranched alkanes of at least 4 members (excludes halogenated alkanes) is 1. The molecule has 0 aliphatic rings. The molecular weight excluding hydrogens is 220 g/mol. The Morgan fingerprint density at radius 3 is 2.53 bits per heavy atom. The predicted octanol–water partition coefficient (Wildman–Crippen LogP) is 0.786. The molecular formula is C12H24N2O3. The lowest BCUT2D eigenvalue weighted by Crippen LogP contribution is -2.45. The second-order valence-corrected chi connectivity index (χ2v) is 4.04. The van der Waals surface area contributed by atoms with Crippen LogP contribution in [0.25, 0.3) is 0 Å². The van der Waals surface area contributed by atoms with Gasteiger partial charge in [0.2, 0.25) is 5.91 Å². The minimum Gasteiger partial charge on any atom is -0.465 e. The average molecular weight is 244 g/mol. The summed E-state index contributed by atoms with van der Waals surface area (Å²) < 4.78 is 4.83. The first kappa shape index (κ1) is 15.9. The van der Waals surface area contributed by atoms with Crippen LogP contribution in [0.1, 0.15) is 33.6 Å². The van der Waals surface area contributed by atoms with Crippen molar-refractivity contribution < 1.29 is 14.3 Å². The molecule has 17 heavy (non-hydrogen) atoms. The Morgan fingerprint density at radius 2 is 2.00 bits per heavy atom. The fourth-order valence-electron chi connectivity index (χ4n) is 1.28. The van der Waals surface area contributed by atoms with Crippen LogP contribution < -0.4 is 5.32 Å². The molecule has 0 rings (SSSR count). The molecule has 0 bridgehead atoms. The third-order valence-electron chi connectivity index (χ3n) is 2.55. The van der Waals surface area contributed by atoms with E-state index >= 15 is 0 Å². The Balaban J connectivity index is 3.97. The third kappa shape index (κ3) is 6.94. The fraction of sp³-hybridized carbons (Fsp3) is 0.833. The molecule has 0 spiro atoms. The van der Waals surface area contributed by atoms with Gasteiger partial charge in [-0.3, -0.25) is 14.5 Å². The van der Waals surface area contributed by atoms with E-state index in [0.29, 0.717) is 13.2 Å². The first-order chi connectivity index (χ1) is 8.02. The van der Waals surface area contributed by atoms with E-state index in [9.17, 15) is 9.59 Å². The number of esters is 1. The Hall–Kier alpha value is -1.10. The number of nitrogens with one attached hydrogen (secondary N) is 1. The molecule has 0 radical (unpaired) electrons. The van der Waals surface area contributed by atoms with Crippen LogP contribution in [-0.2, 0) is 14.3 Å². The minimum absolute atomic E-state index is 0.0507. The van der Waals surface area contributed by atoms with E-state index < -0.39 is 0 Å². The zero-order valence-corrected chi connectivity index (χ0v) is 11.3. The summed E-state index contributed by atoms with van der Waals surface area (Å²) in [5, 5.41) is 2.84. The molecule has 1 N–H and O–H groups in total. The lowest BCUT2D eigenvalue weighted by molar-refractivity contribution is -0.145. The third-order valence-corrected chi connectivity index (χ3v) is 2.55. The van der Waals surface area contributed by atoms with E-state index in [1.165, 1.54) is 0 Å². The quantitative estimate of drug-likeness (QED) is 0.506. The topological polar surface area (TPSA) is 58.6 Å². The van der Waals surface area contributed by atoms with Gasteiger partial charge >= 0.3 is 5.97 Å². The minimum atomic E-state index is -0.323. The van der Waals surface area contributed by atoms with Crippen LogP contribution in [0.4, 0.5) is 0 Å². The van der Waals surface area contributed by atoms with Crippen LogP contribution >= 0.6 is 0 Å². The number of hydrogen-bond donors (Lipinski definition) is 1. The van der Waals surface area contributed by atoms with Crippen molar-refractivity contribution in [3.63, 3.8) is 0 Å². The number of likely N-dealkylation sites (N-methyl/N-ethyl adjacent to an activating group) is 1. The molecule has 0 fully saturated rings. The second-order valence-electron chi connectivity index (χ2n) is 4.04. The van der Waals surface area contributed by atoms with Crippen LogP contribution in [0, 0.1) is 0 Å². The van der Waals surface area contributed by atoms with Crippen molar-refractivity contribution in [2.45, 2.75) is 39.7 Å². The average Bonchev–Trinajstić information content (AvgIpc) is 2.28. The molecule has 100 valence electrons. The van der Waals surface area contributed by atoms with Gasteiger partial charge < -0.3 is 10.1 Å². The molecule has 0 aliphatic heterocycles. The lowest BCUT2D eigenvalue weighted by atomic mass is 10.2. The highest BCUT2D eigenvalue weighted by Gasteiger charge is 2.19. The normalized spacial score (nSPS) is 12.3. The summed E-state index contributed by atoms with van der Waals surface area (Å²) in [7, 11) is 1.74. The summed E-state index contributed by atoms with van der Waals surface area (Å²) in [6.45, 7) is 6.80. The largest absolute Gasteiger partial charge is 0.465 e. The van der Waals surface area contributed by atoms with E-state index in [2.05, 4.69) is 12.2 Å². The fourth-order valence-corrected chi connectivity index (χ4v) is 1.28. The number of rotatable bonds is 8. The summed E-state index contributed by atoms with van der Waals surface area (Å²) in [5.41, 5.74) is 0. The molecule has 0 aromatic carbocycles. The molecule has 5 nitrogen and oxygen atoms in total. The van der Waals surface area contributed by atoms with E-state index in [0.717, 1.165) is 12.8 Å². The highest BCUT2D eigenvalue weighted by molar-refractivity contribution is 5.82. The molecule has 1 amide bonds. The smallest absolute Gasteiger partial charge is 0.320 e. The van der Waals surface area contributed by atoms with Gasteiger partial charge in [-0.05, 0) is 27.3 Å². The number of carbonyl (C=O) groups is 2. The Morgan fingerprint density at radius 1 is 1.35 bits per heavy atom. The van der Waals surface area contributed by atoms with Crippen LogP contribution in [0.15, 0.2) is 0 Å². The molecule has 0 heterocycles. The number of amides is 1. The van der Waals surface area contributed by atoms with E-state index in [1.54, 1.807) is 25.8 Å². The van der Waals surface area contributed by atoms with Gasteiger partial charge in [0.25, 0.3) is 0 Å². The maximum atomic E-state index is 11.7. The number of hydrogen-bond acceptors (Lipinski definition) is 4. The summed E-state index contributed by atoms with van der Waals surface area (Å²) in [6, 6.07) is -0.323. The summed E-state index contributed by atoms with van der Waals surface area (Å²) in [4.78, 5) is 24.6. The first-order valence-corrected chi connectivity index (χ1v) is 6.16. The number of carbonyl (C=O) groups excluding carboxylic acids is 2. The van der Waals surface area contributed by atoms with Crippen molar-refractivity contribution in [2.75, 3.05) is 26.7 Å². The second kappa shape index (κ2) is 8.98. The van der Waals surface area contributed by atoms with E-state index in [-0.39, 0.29) is 24.5 Å². The van der Waals surface area contributed by atoms with Crippen molar-refractivity contribution in [2.24, 2.45) is 0 Å². The molecule has 0 aromatic heterocycles. The Kier molecular flexibility index (Phi) is 8.40. The Labute approximate surface area is 103 Å². The van der Waals surface area contributed by atoms with Gasteiger partial charge in [0.05, 0.1) is 19.2 Å². The van der Waals surface area contributed by atoms with Gasteiger partial charge in [0, 0.05) is 6.54 Å². The molecule has 0 saturated carbocycles. The first-order valence-electron chi connectivity index (χ1n) is 6.16. The van der Waals surface area contributed by atoms with E-state index in [4.69, 9.17) is 4.74 Å². The molecule has 0 aliphatic carbocycles. The van der Waals surface area contributed by atoms with Crippen LogP contribution in [0.2, 0.25) is 0 Å². The summed E-state index contributed by atoms with van der Waals surface area (Å²) in [6.07, 6.45) is 2.02. The maximum absolute atomic E-state index is 11.7. The van der Waals surface area contributed by atoms with Crippen LogP contribution in [-0.4, -0.2) is 49.6 Å². The molecule has 5 heteroatoms. The van der Waals surface area contributed by atoms with Crippen molar-refractivity contribution in [1.82, 2.24) is 10.2 Å². The molecule has 1 atom stereocenters. The standard InChI is InChI=1S/C12H24N2O3/c1-5-7-8-13-12(16)10(3)14(4)9-11(15)17-6-2/h10H,5-9H2,1-4H3,(H,13,16). The van der Waals surface area contributed by atoms with Crippen LogP contribution in [0.5, 0.6) is 0 Å². The predicted molar refractivity (Wildman–Crippen MR) is 66.6 cm³/mol. The zero-order chi connectivity index (χ0) is 13.3. The zero-order valence-electron chi connectivity index (χ0n) is 11.3. The number of ether oxygens (including phenoxy) is 1. The summed E-state index contributed by atoms with van der Waals surface area (Å²) >= 11 is 0. The van der Waals surface area contributed by atoms with Crippen LogP contribution in [0.3, 0.4) is 0 Å². The van der Waals surface area contributed by atoms with Crippen molar-refractivity contribution in [3.05, 3.63) is 0 Å². The van der Waals surface area contributed by atoms with Gasteiger partial charge in [0.15, 0.2) is 0 Å². The molecule has 1 unspecified atom stereocenters. The van der Waals surface area contributed by atoms with Gasteiger partial charge in [-0.1, -0.05) is 13.3 Å². The van der Waals surface area contributed by atoms with Gasteiger partial charge in [-0.15, -0.1) is 0 Å². The highest BCUT2D eigenvalue weighted by Crippen LogP contribution is 1.97. The molecule has 0 aromatic rings. The van der Waals surface area contributed by atoms with Crippen molar-refractivity contribution >= 4 is 11.9 Å². The Bertz CT molecular complexity index is 244. The highest BCUT2D eigenvalue weighted by atomic mass is 16.5. The summed E-state index contributed by atoms with van der Waals surface area (Å²) in [5.74, 6) is -0.353. The van der Waals surface area contributed by atoms with E-state index in [1.807, 2.05) is 0 Å². The van der Waals surface area contributed by atoms with Crippen molar-refractivity contribution in [1.29, 1.82) is 0 Å². The SMILES string of the molecule is CCCCNC(=O)C(C)N(C)CC(=O)OCC.